The van der Waals surface area contributed by atoms with Crippen molar-refractivity contribution in [3.8, 4) is 30.4 Å². The minimum absolute atomic E-state index is 0.205. The van der Waals surface area contributed by atoms with E-state index in [-0.39, 0.29) is 19.4 Å². The summed E-state index contributed by atoms with van der Waals surface area (Å²) in [6.07, 6.45) is 19.2. The van der Waals surface area contributed by atoms with Crippen LogP contribution < -0.4 is 4.74 Å². The molecule has 0 N–H and O–H groups in total. The molecule has 0 amide bonds. The second-order valence-corrected chi connectivity index (χ2v) is 16.6. The lowest BCUT2D eigenvalue weighted by Gasteiger charge is -2.50. The Labute approximate surface area is 276 Å². The van der Waals surface area contributed by atoms with Gasteiger partial charge in [0.25, 0.3) is 0 Å². The summed E-state index contributed by atoms with van der Waals surface area (Å²) in [5, 5.41) is 0. The maximum Gasteiger partial charge on any atom is 0.125 e. The molecular weight excluding hydrogens is 567 g/mol. The van der Waals surface area contributed by atoms with E-state index in [4.69, 9.17) is 11.2 Å². The van der Waals surface area contributed by atoms with Crippen molar-refractivity contribution < 1.29 is 4.74 Å². The van der Waals surface area contributed by atoms with Crippen molar-refractivity contribution in [2.24, 2.45) is 17.3 Å². The number of nitrogens with zero attached hydrogens (tertiary/aromatic N) is 2. The van der Waals surface area contributed by atoms with Crippen molar-refractivity contribution in [2.45, 2.75) is 85.2 Å². The highest BCUT2D eigenvalue weighted by molar-refractivity contribution is 7.56. The summed E-state index contributed by atoms with van der Waals surface area (Å²) in [4.78, 5) is 5.15. The molecule has 2 heterocycles. The first-order valence-corrected chi connectivity index (χ1v) is 18.9. The molecule has 0 spiro atoms. The minimum atomic E-state index is -0.359. The van der Waals surface area contributed by atoms with Gasteiger partial charge < -0.3 is 14.5 Å². The molecule has 45 heavy (non-hydrogen) atoms. The number of likely N-dealkylation sites (tertiary alicyclic amines) is 2. The van der Waals surface area contributed by atoms with E-state index in [0.717, 1.165) is 56.4 Å². The fourth-order valence-electron chi connectivity index (χ4n) is 7.67. The van der Waals surface area contributed by atoms with Crippen LogP contribution in [-0.4, -0.2) is 42.1 Å². The molecule has 2 aromatic rings. The van der Waals surface area contributed by atoms with Gasteiger partial charge in [-0.2, -0.15) is 0 Å². The third-order valence-electron chi connectivity index (χ3n) is 9.84. The third-order valence-corrected chi connectivity index (χ3v) is 11.4. The van der Waals surface area contributed by atoms with Gasteiger partial charge in [-0.3, -0.25) is 0 Å². The summed E-state index contributed by atoms with van der Waals surface area (Å²) >= 11 is 0. The molecule has 3 nitrogen and oxygen atoms in total. The number of hydrogen-bond acceptors (Lipinski definition) is 3. The summed E-state index contributed by atoms with van der Waals surface area (Å²) in [6, 6.07) is 16.2. The summed E-state index contributed by atoms with van der Waals surface area (Å²) in [6.45, 7) is 24.8. The number of terminal acetylenes is 2. The van der Waals surface area contributed by atoms with Crippen LogP contribution in [0.1, 0.15) is 101 Å². The van der Waals surface area contributed by atoms with E-state index >= 15 is 0 Å². The number of ether oxygens (including phenoxy) is 1. The van der Waals surface area contributed by atoms with Crippen LogP contribution in [-0.2, 0) is 6.42 Å². The topological polar surface area (TPSA) is 15.7 Å². The van der Waals surface area contributed by atoms with E-state index in [0.29, 0.717) is 17.9 Å². The largest absolute Gasteiger partial charge is 0.489 e. The van der Waals surface area contributed by atoms with E-state index in [1.807, 2.05) is 6.07 Å². The van der Waals surface area contributed by atoms with Gasteiger partial charge >= 0.3 is 0 Å². The zero-order valence-electron chi connectivity index (χ0n) is 28.7. The quantitative estimate of drug-likeness (QED) is 0.194. The highest BCUT2D eigenvalue weighted by Crippen LogP contribution is 2.54. The monoisotopic (exact) mass is 622 g/mol. The molecular formula is C41H55N2OP. The molecule has 5 rings (SSSR count). The van der Waals surface area contributed by atoms with Crippen molar-refractivity contribution in [1.82, 2.24) is 9.80 Å². The number of rotatable bonds is 10. The van der Waals surface area contributed by atoms with Crippen molar-refractivity contribution in [3.63, 3.8) is 0 Å². The maximum absolute atomic E-state index is 6.79. The standard InChI is InChI=1S/C38H51N2OP.C3H4/c1-9-30-18-19-36(33(23-30)35(22-27(2)3)39-20-12-14-28(39)4)41-26-42(8)25-34-37(40-21-13-15-29(40)5)32-17-11-10-16-31(32)24-38(34,6)7;1-3-2/h1,10-11,16-19,23,27,34-35,37H,4-5,12-15,20-22,24-26H2,2-3,6-8H3;1H,2H3. The molecule has 4 atom stereocenters. The van der Waals surface area contributed by atoms with Crippen molar-refractivity contribution in [1.29, 1.82) is 0 Å². The Hall–Kier alpha value is -3.13. The van der Waals surface area contributed by atoms with E-state index < -0.39 is 0 Å². The van der Waals surface area contributed by atoms with Crippen molar-refractivity contribution in [3.05, 3.63) is 89.3 Å². The Morgan fingerprint density at radius 1 is 1.04 bits per heavy atom. The molecule has 4 heteroatoms. The summed E-state index contributed by atoms with van der Waals surface area (Å²) < 4.78 is 6.79. The molecule has 2 fully saturated rings. The molecule has 0 aromatic heterocycles. The van der Waals surface area contributed by atoms with E-state index in [1.54, 1.807) is 6.92 Å². The first-order valence-electron chi connectivity index (χ1n) is 16.8. The summed E-state index contributed by atoms with van der Waals surface area (Å²) in [5.41, 5.74) is 7.93. The molecule has 240 valence electrons. The van der Waals surface area contributed by atoms with Gasteiger partial charge in [0.15, 0.2) is 0 Å². The Morgan fingerprint density at radius 3 is 2.36 bits per heavy atom. The number of benzene rings is 2. The van der Waals surface area contributed by atoms with Gasteiger partial charge in [-0.05, 0) is 105 Å². The lowest BCUT2D eigenvalue weighted by molar-refractivity contribution is 0.0959. The molecule has 0 saturated carbocycles. The fraction of sp³-hybridized carbons (Fsp3) is 0.512. The van der Waals surface area contributed by atoms with E-state index in [2.05, 4.69) is 112 Å². The van der Waals surface area contributed by atoms with E-state index in [9.17, 15) is 0 Å². The van der Waals surface area contributed by atoms with Crippen LogP contribution in [0.2, 0.25) is 0 Å². The minimum Gasteiger partial charge on any atom is -0.489 e. The Bertz CT molecular complexity index is 1430. The summed E-state index contributed by atoms with van der Waals surface area (Å²) in [5.74, 6) is 7.22. The molecule has 2 aliphatic heterocycles. The summed E-state index contributed by atoms with van der Waals surface area (Å²) in [7, 11) is -0.359. The first kappa shape index (κ1) is 34.7. The molecule has 0 bridgehead atoms. The van der Waals surface area contributed by atoms with Crippen LogP contribution in [0.4, 0.5) is 0 Å². The molecule has 0 radical (unpaired) electrons. The molecule has 2 saturated heterocycles. The van der Waals surface area contributed by atoms with Gasteiger partial charge in [0.05, 0.1) is 12.1 Å². The van der Waals surface area contributed by atoms with Gasteiger partial charge in [-0.15, -0.1) is 18.8 Å². The third kappa shape index (κ3) is 8.18. The van der Waals surface area contributed by atoms with Gasteiger partial charge in [-0.25, -0.2) is 0 Å². The van der Waals surface area contributed by atoms with Crippen LogP contribution in [0.15, 0.2) is 67.0 Å². The normalized spacial score (nSPS) is 21.8. The number of fused-ring (bicyclic) bond motifs is 1. The highest BCUT2D eigenvalue weighted by atomic mass is 31.1. The Balaban J connectivity index is 0.00000148. The second-order valence-electron chi connectivity index (χ2n) is 14.3. The van der Waals surface area contributed by atoms with Crippen LogP contribution in [0, 0.1) is 41.9 Å². The SMILES string of the molecule is C#CC.C#Cc1ccc(OCP(C)CC2C(N3CCCC3=C)c3ccccc3CC2(C)C)c(C(CC(C)C)N2CCCC2=C)c1. The predicted molar refractivity (Wildman–Crippen MR) is 195 cm³/mol. The van der Waals surface area contributed by atoms with Crippen LogP contribution >= 0.6 is 7.92 Å². The van der Waals surface area contributed by atoms with Crippen LogP contribution in [0.5, 0.6) is 5.75 Å². The van der Waals surface area contributed by atoms with Crippen molar-refractivity contribution in [2.75, 3.05) is 32.3 Å². The number of hydrogen-bond donors (Lipinski definition) is 0. The second kappa shape index (κ2) is 15.4. The molecule has 2 aromatic carbocycles. The first-order chi connectivity index (χ1) is 21.5. The fourth-order valence-corrected chi connectivity index (χ4v) is 9.50. The molecule has 1 aliphatic carbocycles. The zero-order valence-corrected chi connectivity index (χ0v) is 29.6. The van der Waals surface area contributed by atoms with Gasteiger partial charge in [-0.1, -0.05) is 79.0 Å². The predicted octanol–water partition coefficient (Wildman–Crippen LogP) is 10.0. The highest BCUT2D eigenvalue weighted by Gasteiger charge is 2.45. The zero-order chi connectivity index (χ0) is 32.7. The Kier molecular flexibility index (Phi) is 11.9. The van der Waals surface area contributed by atoms with Crippen molar-refractivity contribution >= 4 is 7.92 Å². The van der Waals surface area contributed by atoms with Gasteiger partial charge in [0.1, 0.15) is 12.1 Å². The molecule has 4 unspecified atom stereocenters. The lowest BCUT2D eigenvalue weighted by atomic mass is 9.64. The Morgan fingerprint density at radius 2 is 1.73 bits per heavy atom. The van der Waals surface area contributed by atoms with Crippen LogP contribution in [0.3, 0.4) is 0 Å². The van der Waals surface area contributed by atoms with Gasteiger partial charge in [0, 0.05) is 35.6 Å². The maximum atomic E-state index is 6.79. The smallest absolute Gasteiger partial charge is 0.125 e. The van der Waals surface area contributed by atoms with E-state index in [1.165, 1.54) is 47.1 Å². The van der Waals surface area contributed by atoms with Crippen LogP contribution in [0.25, 0.3) is 0 Å². The average molecular weight is 623 g/mol. The molecule has 3 aliphatic rings. The van der Waals surface area contributed by atoms with Gasteiger partial charge in [0.2, 0.25) is 0 Å². The lowest BCUT2D eigenvalue weighted by Crippen LogP contribution is -2.44. The number of allylic oxidation sites excluding steroid dienone is 2. The average Bonchev–Trinajstić information content (AvgIpc) is 3.62.